The topological polar surface area (TPSA) is 55.0 Å². The molecule has 110 valence electrons. The minimum Gasteiger partial charge on any atom is -0.393 e. The van der Waals surface area contributed by atoms with Crippen molar-refractivity contribution in [1.29, 1.82) is 0 Å². The van der Waals surface area contributed by atoms with Gasteiger partial charge in [0.2, 0.25) is 0 Å². The van der Waals surface area contributed by atoms with Crippen LogP contribution in [0.5, 0.6) is 0 Å². The number of aromatic nitrogens is 2. The Morgan fingerprint density at radius 2 is 1.95 bits per heavy atom. The Hall–Kier alpha value is -2.01. The van der Waals surface area contributed by atoms with E-state index in [1.165, 1.54) is 0 Å². The van der Waals surface area contributed by atoms with E-state index >= 15 is 0 Å². The molecule has 0 saturated carbocycles. The number of nitrogens with zero attached hydrogens (tertiary/aromatic N) is 3. The third-order valence-corrected chi connectivity index (χ3v) is 3.37. The molecule has 0 atom stereocenters. The lowest BCUT2D eigenvalue weighted by Crippen LogP contribution is -2.24. The molecule has 2 rings (SSSR count). The summed E-state index contributed by atoms with van der Waals surface area (Å²) in [7, 11) is 0. The number of anilines is 2. The first-order chi connectivity index (χ1) is 10.1. The Labute approximate surface area is 131 Å². The molecule has 0 aliphatic carbocycles. The molecule has 0 fully saturated rings. The maximum atomic E-state index is 5.65. The van der Waals surface area contributed by atoms with Gasteiger partial charge in [-0.2, -0.15) is 0 Å². The molecule has 2 aromatic rings. The molecule has 5 heteroatoms. The SMILES string of the molecule is CCc1cc(N(CCC(N)=S)c2ccccc2)nc(C)n1. The van der Waals surface area contributed by atoms with E-state index in [0.717, 1.165) is 29.4 Å². The minimum atomic E-state index is 0.512. The molecule has 0 unspecified atom stereocenters. The lowest BCUT2D eigenvalue weighted by molar-refractivity contribution is 0.892. The van der Waals surface area contributed by atoms with Gasteiger partial charge in [0.15, 0.2) is 0 Å². The number of nitrogens with two attached hydrogens (primary N) is 1. The summed E-state index contributed by atoms with van der Waals surface area (Å²) in [6.45, 7) is 4.71. The van der Waals surface area contributed by atoms with Crippen LogP contribution in [0.25, 0.3) is 0 Å². The average Bonchev–Trinajstić information content (AvgIpc) is 2.47. The number of hydrogen-bond acceptors (Lipinski definition) is 4. The van der Waals surface area contributed by atoms with Crippen LogP contribution in [0.4, 0.5) is 11.5 Å². The number of thiocarbonyl (C=S) groups is 1. The quantitative estimate of drug-likeness (QED) is 0.831. The van der Waals surface area contributed by atoms with E-state index in [0.29, 0.717) is 18.0 Å². The van der Waals surface area contributed by atoms with E-state index in [1.807, 2.05) is 31.2 Å². The van der Waals surface area contributed by atoms with Gasteiger partial charge in [-0.15, -0.1) is 0 Å². The highest BCUT2D eigenvalue weighted by Gasteiger charge is 2.12. The van der Waals surface area contributed by atoms with Crippen LogP contribution in [0.2, 0.25) is 0 Å². The van der Waals surface area contributed by atoms with Crippen LogP contribution < -0.4 is 10.6 Å². The fourth-order valence-corrected chi connectivity index (χ4v) is 2.23. The van der Waals surface area contributed by atoms with E-state index < -0.39 is 0 Å². The second-order valence-corrected chi connectivity index (χ2v) is 5.35. The van der Waals surface area contributed by atoms with Crippen LogP contribution in [0, 0.1) is 6.92 Å². The first-order valence-electron chi connectivity index (χ1n) is 7.05. The molecule has 1 aromatic carbocycles. The largest absolute Gasteiger partial charge is 0.393 e. The highest BCUT2D eigenvalue weighted by Crippen LogP contribution is 2.24. The molecular weight excluding hydrogens is 280 g/mol. The Morgan fingerprint density at radius 3 is 2.57 bits per heavy atom. The van der Waals surface area contributed by atoms with Gasteiger partial charge >= 0.3 is 0 Å². The summed E-state index contributed by atoms with van der Waals surface area (Å²) in [6, 6.07) is 12.2. The van der Waals surface area contributed by atoms with Gasteiger partial charge in [-0.05, 0) is 25.5 Å². The van der Waals surface area contributed by atoms with Gasteiger partial charge in [-0.3, -0.25) is 0 Å². The summed E-state index contributed by atoms with van der Waals surface area (Å²) in [5, 5.41) is 0. The van der Waals surface area contributed by atoms with Gasteiger partial charge in [0, 0.05) is 30.4 Å². The van der Waals surface area contributed by atoms with Gasteiger partial charge in [0.25, 0.3) is 0 Å². The maximum Gasteiger partial charge on any atom is 0.136 e. The number of hydrogen-bond donors (Lipinski definition) is 1. The van der Waals surface area contributed by atoms with E-state index in [2.05, 4.69) is 33.9 Å². The molecule has 0 bridgehead atoms. The third kappa shape index (κ3) is 4.23. The Balaban J connectivity index is 2.39. The molecule has 21 heavy (non-hydrogen) atoms. The molecular formula is C16H20N4S. The van der Waals surface area contributed by atoms with Gasteiger partial charge in [0.05, 0.1) is 4.99 Å². The number of benzene rings is 1. The van der Waals surface area contributed by atoms with Crippen molar-refractivity contribution in [3.63, 3.8) is 0 Å². The second kappa shape index (κ2) is 7.13. The number of para-hydroxylation sites is 1. The fourth-order valence-electron chi connectivity index (χ4n) is 2.14. The normalized spacial score (nSPS) is 10.4. The van der Waals surface area contributed by atoms with Crippen molar-refractivity contribution in [2.45, 2.75) is 26.7 Å². The molecule has 0 aliphatic rings. The lowest BCUT2D eigenvalue weighted by atomic mass is 10.2. The maximum absolute atomic E-state index is 5.65. The highest BCUT2D eigenvalue weighted by molar-refractivity contribution is 7.80. The summed E-state index contributed by atoms with van der Waals surface area (Å²) in [5.74, 6) is 1.67. The van der Waals surface area contributed by atoms with Crippen molar-refractivity contribution in [2.75, 3.05) is 11.4 Å². The van der Waals surface area contributed by atoms with E-state index in [9.17, 15) is 0 Å². The van der Waals surface area contributed by atoms with Crippen molar-refractivity contribution in [1.82, 2.24) is 9.97 Å². The Bertz CT molecular complexity index is 613. The third-order valence-electron chi connectivity index (χ3n) is 3.17. The first-order valence-corrected chi connectivity index (χ1v) is 7.46. The Kier molecular flexibility index (Phi) is 5.22. The molecule has 4 nitrogen and oxygen atoms in total. The average molecular weight is 300 g/mol. The smallest absolute Gasteiger partial charge is 0.136 e. The predicted molar refractivity (Wildman–Crippen MR) is 91.0 cm³/mol. The molecule has 1 aromatic heterocycles. The summed E-state index contributed by atoms with van der Waals surface area (Å²) in [4.78, 5) is 11.6. The standard InChI is InChI=1S/C16H20N4S/c1-3-13-11-16(19-12(2)18-13)20(10-9-15(17)21)14-7-5-4-6-8-14/h4-8,11H,3,9-10H2,1-2H3,(H2,17,21). The van der Waals surface area contributed by atoms with E-state index in [4.69, 9.17) is 18.0 Å². The molecule has 0 spiro atoms. The molecule has 0 radical (unpaired) electrons. The van der Waals surface area contributed by atoms with Crippen LogP contribution in [-0.2, 0) is 6.42 Å². The number of aryl methyl sites for hydroxylation is 2. The number of rotatable bonds is 6. The van der Waals surface area contributed by atoms with Crippen LogP contribution >= 0.6 is 12.2 Å². The predicted octanol–water partition coefficient (Wildman–Crippen LogP) is 3.16. The van der Waals surface area contributed by atoms with Crippen molar-refractivity contribution in [3.05, 3.63) is 47.9 Å². The monoisotopic (exact) mass is 300 g/mol. The zero-order valence-electron chi connectivity index (χ0n) is 12.4. The first kappa shape index (κ1) is 15.4. The van der Waals surface area contributed by atoms with Crippen molar-refractivity contribution in [2.24, 2.45) is 5.73 Å². The van der Waals surface area contributed by atoms with Crippen molar-refractivity contribution in [3.8, 4) is 0 Å². The van der Waals surface area contributed by atoms with Gasteiger partial charge in [0.1, 0.15) is 11.6 Å². The van der Waals surface area contributed by atoms with Crippen LogP contribution in [-0.4, -0.2) is 21.5 Å². The molecule has 0 aliphatic heterocycles. The molecule has 1 heterocycles. The summed E-state index contributed by atoms with van der Waals surface area (Å²) < 4.78 is 0. The summed E-state index contributed by atoms with van der Waals surface area (Å²) in [6.07, 6.45) is 1.53. The Morgan fingerprint density at radius 1 is 1.24 bits per heavy atom. The minimum absolute atomic E-state index is 0.512. The van der Waals surface area contributed by atoms with E-state index in [-0.39, 0.29) is 0 Å². The van der Waals surface area contributed by atoms with Crippen LogP contribution in [0.3, 0.4) is 0 Å². The van der Waals surface area contributed by atoms with Gasteiger partial charge in [-0.25, -0.2) is 9.97 Å². The van der Waals surface area contributed by atoms with Crippen molar-refractivity contribution >= 4 is 28.7 Å². The van der Waals surface area contributed by atoms with Gasteiger partial charge < -0.3 is 10.6 Å². The zero-order valence-corrected chi connectivity index (χ0v) is 13.2. The zero-order chi connectivity index (χ0) is 15.2. The summed E-state index contributed by atoms with van der Waals surface area (Å²) in [5.41, 5.74) is 7.77. The van der Waals surface area contributed by atoms with E-state index in [1.54, 1.807) is 0 Å². The fraction of sp³-hybridized carbons (Fsp3) is 0.312. The second-order valence-electron chi connectivity index (χ2n) is 4.82. The lowest BCUT2D eigenvalue weighted by Gasteiger charge is -2.24. The molecule has 0 saturated heterocycles. The van der Waals surface area contributed by atoms with Crippen LogP contribution in [0.15, 0.2) is 36.4 Å². The highest BCUT2D eigenvalue weighted by atomic mass is 32.1. The summed E-state index contributed by atoms with van der Waals surface area (Å²) >= 11 is 5.01. The molecule has 2 N–H and O–H groups in total. The van der Waals surface area contributed by atoms with Crippen LogP contribution in [0.1, 0.15) is 24.9 Å². The van der Waals surface area contributed by atoms with Crippen molar-refractivity contribution < 1.29 is 0 Å². The molecule has 0 amide bonds. The van der Waals surface area contributed by atoms with Gasteiger partial charge in [-0.1, -0.05) is 37.3 Å².